The number of H-pyrrole nitrogens is 1. The van der Waals surface area contributed by atoms with E-state index in [1.807, 2.05) is 6.20 Å². The molecule has 84 valence electrons. The summed E-state index contributed by atoms with van der Waals surface area (Å²) >= 11 is 0. The Morgan fingerprint density at radius 2 is 2.12 bits per heavy atom. The van der Waals surface area contributed by atoms with Crippen LogP contribution in [-0.4, -0.2) is 36.1 Å². The molecule has 0 aliphatic carbocycles. The van der Waals surface area contributed by atoms with Crippen LogP contribution >= 0.6 is 0 Å². The summed E-state index contributed by atoms with van der Waals surface area (Å²) < 4.78 is 0. The third-order valence-electron chi connectivity index (χ3n) is 3.19. The Labute approximate surface area is 94.7 Å². The van der Waals surface area contributed by atoms with Gasteiger partial charge in [0.25, 0.3) is 0 Å². The van der Waals surface area contributed by atoms with Gasteiger partial charge in [-0.2, -0.15) is 0 Å². The first-order valence-corrected chi connectivity index (χ1v) is 5.74. The number of rotatable bonds is 1. The van der Waals surface area contributed by atoms with E-state index in [0.717, 1.165) is 31.8 Å². The molecule has 0 atom stereocenters. The molecule has 2 N–H and O–H groups in total. The first-order valence-electron chi connectivity index (χ1n) is 5.74. The number of anilines is 1. The monoisotopic (exact) mass is 216 g/mol. The van der Waals surface area contributed by atoms with Gasteiger partial charge in [0.05, 0.1) is 0 Å². The molecule has 16 heavy (non-hydrogen) atoms. The van der Waals surface area contributed by atoms with E-state index in [-0.39, 0.29) is 0 Å². The van der Waals surface area contributed by atoms with Gasteiger partial charge in [0, 0.05) is 37.8 Å². The SMILES string of the molecule is Cc1ccnc2[nH]c(N3CCNCC3)cc12. The molecule has 0 radical (unpaired) electrons. The van der Waals surface area contributed by atoms with E-state index in [9.17, 15) is 0 Å². The number of aromatic nitrogens is 2. The van der Waals surface area contributed by atoms with Gasteiger partial charge in [0.2, 0.25) is 0 Å². The molecule has 1 saturated heterocycles. The molecule has 0 bridgehead atoms. The third kappa shape index (κ3) is 1.55. The number of aromatic amines is 1. The predicted octanol–water partition coefficient (Wildman–Crippen LogP) is 1.28. The Kier molecular flexibility index (Phi) is 2.29. The lowest BCUT2D eigenvalue weighted by Crippen LogP contribution is -2.43. The zero-order chi connectivity index (χ0) is 11.0. The predicted molar refractivity (Wildman–Crippen MR) is 65.9 cm³/mol. The fourth-order valence-corrected chi connectivity index (χ4v) is 2.22. The fourth-order valence-electron chi connectivity index (χ4n) is 2.22. The van der Waals surface area contributed by atoms with Crippen molar-refractivity contribution in [1.29, 1.82) is 0 Å². The van der Waals surface area contributed by atoms with Crippen molar-refractivity contribution in [3.8, 4) is 0 Å². The van der Waals surface area contributed by atoms with Gasteiger partial charge in [0.1, 0.15) is 11.5 Å². The van der Waals surface area contributed by atoms with Crippen LogP contribution in [0.4, 0.5) is 5.82 Å². The second kappa shape index (κ2) is 3.79. The highest BCUT2D eigenvalue weighted by molar-refractivity contribution is 5.83. The number of hydrogen-bond acceptors (Lipinski definition) is 3. The summed E-state index contributed by atoms with van der Waals surface area (Å²) in [6, 6.07) is 4.26. The van der Waals surface area contributed by atoms with E-state index in [4.69, 9.17) is 0 Å². The lowest BCUT2D eigenvalue weighted by atomic mass is 10.2. The molecular weight excluding hydrogens is 200 g/mol. The lowest BCUT2D eigenvalue weighted by Gasteiger charge is -2.27. The van der Waals surface area contributed by atoms with Crippen LogP contribution in [0.1, 0.15) is 5.56 Å². The van der Waals surface area contributed by atoms with Crippen molar-refractivity contribution in [2.24, 2.45) is 0 Å². The minimum Gasteiger partial charge on any atom is -0.356 e. The molecule has 0 spiro atoms. The van der Waals surface area contributed by atoms with E-state index < -0.39 is 0 Å². The average Bonchev–Trinajstić information content (AvgIpc) is 2.76. The van der Waals surface area contributed by atoms with Crippen LogP contribution in [0, 0.1) is 6.92 Å². The quantitative estimate of drug-likeness (QED) is 0.754. The summed E-state index contributed by atoms with van der Waals surface area (Å²) in [4.78, 5) is 10.1. The largest absolute Gasteiger partial charge is 0.356 e. The zero-order valence-corrected chi connectivity index (χ0v) is 9.45. The van der Waals surface area contributed by atoms with Crippen molar-refractivity contribution >= 4 is 16.9 Å². The maximum atomic E-state index is 4.36. The van der Waals surface area contributed by atoms with Crippen LogP contribution in [0.25, 0.3) is 11.0 Å². The van der Waals surface area contributed by atoms with Gasteiger partial charge in [-0.3, -0.25) is 0 Å². The Bertz CT molecular complexity index is 497. The molecule has 1 fully saturated rings. The molecule has 4 heteroatoms. The van der Waals surface area contributed by atoms with E-state index in [1.165, 1.54) is 16.8 Å². The number of nitrogens with zero attached hydrogens (tertiary/aromatic N) is 2. The van der Waals surface area contributed by atoms with Crippen LogP contribution in [-0.2, 0) is 0 Å². The fraction of sp³-hybridized carbons (Fsp3) is 0.417. The maximum absolute atomic E-state index is 4.36. The van der Waals surface area contributed by atoms with Crippen molar-refractivity contribution in [2.45, 2.75) is 6.92 Å². The number of piperazine rings is 1. The summed E-state index contributed by atoms with van der Waals surface area (Å²) in [5.74, 6) is 1.19. The van der Waals surface area contributed by atoms with Gasteiger partial charge in [0.15, 0.2) is 0 Å². The summed E-state index contributed by atoms with van der Waals surface area (Å²) in [6.07, 6.45) is 1.86. The second-order valence-corrected chi connectivity index (χ2v) is 4.28. The topological polar surface area (TPSA) is 44.0 Å². The second-order valence-electron chi connectivity index (χ2n) is 4.28. The summed E-state index contributed by atoms with van der Waals surface area (Å²) in [6.45, 7) is 6.36. The molecule has 0 aromatic carbocycles. The Hall–Kier alpha value is -1.55. The van der Waals surface area contributed by atoms with Crippen molar-refractivity contribution in [3.63, 3.8) is 0 Å². The lowest BCUT2D eigenvalue weighted by molar-refractivity contribution is 0.586. The van der Waals surface area contributed by atoms with E-state index in [2.05, 4.69) is 39.2 Å². The highest BCUT2D eigenvalue weighted by atomic mass is 15.2. The number of nitrogens with one attached hydrogen (secondary N) is 2. The van der Waals surface area contributed by atoms with E-state index in [0.29, 0.717) is 0 Å². The van der Waals surface area contributed by atoms with Crippen LogP contribution in [0.3, 0.4) is 0 Å². The molecule has 3 rings (SSSR count). The molecule has 4 nitrogen and oxygen atoms in total. The average molecular weight is 216 g/mol. The molecule has 3 heterocycles. The Morgan fingerprint density at radius 3 is 2.88 bits per heavy atom. The Morgan fingerprint density at radius 1 is 1.31 bits per heavy atom. The van der Waals surface area contributed by atoms with Crippen molar-refractivity contribution < 1.29 is 0 Å². The molecule has 1 aliphatic rings. The zero-order valence-electron chi connectivity index (χ0n) is 9.45. The minimum absolute atomic E-state index is 0.994. The number of pyridine rings is 1. The van der Waals surface area contributed by atoms with Crippen LogP contribution < -0.4 is 10.2 Å². The molecule has 0 unspecified atom stereocenters. The van der Waals surface area contributed by atoms with Gasteiger partial charge in [-0.1, -0.05) is 0 Å². The van der Waals surface area contributed by atoms with Crippen LogP contribution in [0.15, 0.2) is 18.3 Å². The summed E-state index contributed by atoms with van der Waals surface area (Å²) in [5.41, 5.74) is 2.27. The smallest absolute Gasteiger partial charge is 0.139 e. The summed E-state index contributed by atoms with van der Waals surface area (Å²) in [7, 11) is 0. The van der Waals surface area contributed by atoms with Crippen molar-refractivity contribution in [2.75, 3.05) is 31.1 Å². The standard InChI is InChI=1S/C12H16N4/c1-9-2-3-14-12-10(9)8-11(15-12)16-6-4-13-5-7-16/h2-3,8,13H,4-7H2,1H3,(H,14,15). The highest BCUT2D eigenvalue weighted by Gasteiger charge is 2.13. The molecule has 0 amide bonds. The molecule has 2 aromatic rings. The Balaban J connectivity index is 2.01. The summed E-state index contributed by atoms with van der Waals surface area (Å²) in [5, 5.41) is 4.59. The van der Waals surface area contributed by atoms with Crippen molar-refractivity contribution in [1.82, 2.24) is 15.3 Å². The van der Waals surface area contributed by atoms with Gasteiger partial charge in [-0.05, 0) is 24.6 Å². The van der Waals surface area contributed by atoms with Crippen molar-refractivity contribution in [3.05, 3.63) is 23.9 Å². The molecule has 0 saturated carbocycles. The van der Waals surface area contributed by atoms with Gasteiger partial charge in [-0.25, -0.2) is 4.98 Å². The van der Waals surface area contributed by atoms with E-state index >= 15 is 0 Å². The minimum atomic E-state index is 0.994. The number of fused-ring (bicyclic) bond motifs is 1. The normalized spacial score (nSPS) is 16.9. The van der Waals surface area contributed by atoms with E-state index in [1.54, 1.807) is 0 Å². The maximum Gasteiger partial charge on any atom is 0.139 e. The van der Waals surface area contributed by atoms with Gasteiger partial charge in [-0.15, -0.1) is 0 Å². The third-order valence-corrected chi connectivity index (χ3v) is 3.19. The van der Waals surface area contributed by atoms with Crippen LogP contribution in [0.2, 0.25) is 0 Å². The molecule has 2 aromatic heterocycles. The molecular formula is C12H16N4. The van der Waals surface area contributed by atoms with Gasteiger partial charge < -0.3 is 15.2 Å². The van der Waals surface area contributed by atoms with Crippen LogP contribution in [0.5, 0.6) is 0 Å². The number of aryl methyl sites for hydroxylation is 1. The first kappa shape index (κ1) is 9.66. The molecule has 1 aliphatic heterocycles. The van der Waals surface area contributed by atoms with Gasteiger partial charge >= 0.3 is 0 Å². The highest BCUT2D eigenvalue weighted by Crippen LogP contribution is 2.22. The number of hydrogen-bond donors (Lipinski definition) is 2. The first-order chi connectivity index (χ1) is 7.84.